The van der Waals surface area contributed by atoms with Gasteiger partial charge in [0.25, 0.3) is 0 Å². The number of hydrogen-bond donors (Lipinski definition) is 3. The van der Waals surface area contributed by atoms with Gasteiger partial charge in [0.1, 0.15) is 11.5 Å². The SMILES string of the molecule is c1ncc(-c2nc3ccc(C4=NCCN4)cc3[nH]2)[nH]1. The highest BCUT2D eigenvalue weighted by molar-refractivity contribution is 6.02. The highest BCUT2D eigenvalue weighted by Gasteiger charge is 2.11. The summed E-state index contributed by atoms with van der Waals surface area (Å²) in [6.07, 6.45) is 3.40. The van der Waals surface area contributed by atoms with E-state index < -0.39 is 0 Å². The molecule has 0 saturated heterocycles. The van der Waals surface area contributed by atoms with Crippen molar-refractivity contribution in [3.8, 4) is 11.5 Å². The van der Waals surface area contributed by atoms with Crippen LogP contribution in [0.2, 0.25) is 0 Å². The van der Waals surface area contributed by atoms with Crippen LogP contribution in [-0.4, -0.2) is 38.9 Å². The van der Waals surface area contributed by atoms with Crippen molar-refractivity contribution in [3.05, 3.63) is 36.3 Å². The maximum absolute atomic E-state index is 4.54. The number of nitrogens with zero attached hydrogens (tertiary/aromatic N) is 3. The number of rotatable bonds is 2. The third kappa shape index (κ3) is 1.69. The number of H-pyrrole nitrogens is 2. The summed E-state index contributed by atoms with van der Waals surface area (Å²) < 4.78 is 0. The average molecular weight is 252 g/mol. The monoisotopic (exact) mass is 252 g/mol. The molecule has 0 bridgehead atoms. The minimum atomic E-state index is 0.797. The largest absolute Gasteiger partial charge is 0.368 e. The molecule has 94 valence electrons. The van der Waals surface area contributed by atoms with Crippen molar-refractivity contribution >= 4 is 16.9 Å². The number of benzene rings is 1. The van der Waals surface area contributed by atoms with Crippen LogP contribution in [0, 0.1) is 0 Å². The molecule has 1 aliphatic rings. The fourth-order valence-corrected chi connectivity index (χ4v) is 2.26. The molecule has 19 heavy (non-hydrogen) atoms. The second kappa shape index (κ2) is 3.94. The van der Waals surface area contributed by atoms with Gasteiger partial charge in [-0.05, 0) is 18.2 Å². The normalized spacial score (nSPS) is 14.6. The Balaban J connectivity index is 1.81. The molecule has 3 heterocycles. The third-order valence-electron chi connectivity index (χ3n) is 3.18. The Labute approximate surface area is 109 Å². The predicted molar refractivity (Wildman–Crippen MR) is 73.1 cm³/mol. The van der Waals surface area contributed by atoms with Crippen LogP contribution in [0.1, 0.15) is 5.56 Å². The Hall–Kier alpha value is -2.63. The van der Waals surface area contributed by atoms with Crippen LogP contribution in [0.3, 0.4) is 0 Å². The molecular weight excluding hydrogens is 240 g/mol. The van der Waals surface area contributed by atoms with Crippen LogP contribution in [0.15, 0.2) is 35.7 Å². The molecule has 1 aromatic carbocycles. The van der Waals surface area contributed by atoms with Crippen molar-refractivity contribution in [2.75, 3.05) is 13.1 Å². The molecule has 0 unspecified atom stereocenters. The summed E-state index contributed by atoms with van der Waals surface area (Å²) in [5.74, 6) is 1.76. The molecule has 1 aliphatic heterocycles. The maximum Gasteiger partial charge on any atom is 0.156 e. The van der Waals surface area contributed by atoms with Gasteiger partial charge in [0, 0.05) is 12.1 Å². The quantitative estimate of drug-likeness (QED) is 0.643. The fourth-order valence-electron chi connectivity index (χ4n) is 2.26. The van der Waals surface area contributed by atoms with Crippen molar-refractivity contribution < 1.29 is 0 Å². The summed E-state index contributed by atoms with van der Waals surface area (Å²) in [5, 5.41) is 3.27. The summed E-state index contributed by atoms with van der Waals surface area (Å²) in [6, 6.07) is 6.11. The molecule has 0 aliphatic carbocycles. The van der Waals surface area contributed by atoms with E-state index in [9.17, 15) is 0 Å². The molecule has 2 aromatic heterocycles. The zero-order valence-electron chi connectivity index (χ0n) is 10.1. The van der Waals surface area contributed by atoms with E-state index >= 15 is 0 Å². The van der Waals surface area contributed by atoms with E-state index in [1.807, 2.05) is 12.1 Å². The second-order valence-corrected chi connectivity index (χ2v) is 4.44. The molecule has 3 N–H and O–H groups in total. The first-order valence-electron chi connectivity index (χ1n) is 6.17. The molecule has 6 nitrogen and oxygen atoms in total. The van der Waals surface area contributed by atoms with Gasteiger partial charge in [-0.3, -0.25) is 4.99 Å². The van der Waals surface area contributed by atoms with Gasteiger partial charge in [0.05, 0.1) is 30.1 Å². The van der Waals surface area contributed by atoms with Crippen LogP contribution in [0.5, 0.6) is 0 Å². The van der Waals surface area contributed by atoms with Gasteiger partial charge < -0.3 is 15.3 Å². The van der Waals surface area contributed by atoms with Gasteiger partial charge in [-0.25, -0.2) is 9.97 Å². The molecule has 0 spiro atoms. The lowest BCUT2D eigenvalue weighted by atomic mass is 10.2. The lowest BCUT2D eigenvalue weighted by Crippen LogP contribution is -2.19. The lowest BCUT2D eigenvalue weighted by molar-refractivity contribution is 0.960. The molecule has 3 aromatic rings. The molecule has 0 saturated carbocycles. The van der Waals surface area contributed by atoms with Crippen molar-refractivity contribution in [2.45, 2.75) is 0 Å². The Morgan fingerprint density at radius 2 is 2.21 bits per heavy atom. The first-order valence-corrected chi connectivity index (χ1v) is 6.17. The van der Waals surface area contributed by atoms with Crippen molar-refractivity contribution in [1.29, 1.82) is 0 Å². The highest BCUT2D eigenvalue weighted by atomic mass is 15.1. The van der Waals surface area contributed by atoms with E-state index in [0.29, 0.717) is 0 Å². The standard InChI is InChI=1S/C13H12N6/c1-2-9-10(5-8(1)12-15-3-4-16-12)19-13(18-9)11-6-14-7-17-11/h1-2,5-7H,3-4H2,(H,14,17)(H,15,16)(H,18,19). The summed E-state index contributed by atoms with van der Waals surface area (Å²) >= 11 is 0. The first-order chi connectivity index (χ1) is 9.40. The number of fused-ring (bicyclic) bond motifs is 1. The number of aromatic nitrogens is 4. The number of aliphatic imine (C=N–C) groups is 1. The Kier molecular flexibility index (Phi) is 2.14. The van der Waals surface area contributed by atoms with Crippen molar-refractivity contribution in [1.82, 2.24) is 25.3 Å². The highest BCUT2D eigenvalue weighted by Crippen LogP contribution is 2.19. The van der Waals surface area contributed by atoms with E-state index in [4.69, 9.17) is 0 Å². The lowest BCUT2D eigenvalue weighted by Gasteiger charge is -2.01. The fraction of sp³-hybridized carbons (Fsp3) is 0.154. The number of imidazole rings is 2. The molecule has 4 rings (SSSR count). The minimum absolute atomic E-state index is 0.797. The van der Waals surface area contributed by atoms with Crippen LogP contribution in [-0.2, 0) is 0 Å². The van der Waals surface area contributed by atoms with Gasteiger partial charge in [-0.2, -0.15) is 0 Å². The Morgan fingerprint density at radius 3 is 3.00 bits per heavy atom. The second-order valence-electron chi connectivity index (χ2n) is 4.44. The zero-order valence-corrected chi connectivity index (χ0v) is 10.1. The van der Waals surface area contributed by atoms with Gasteiger partial charge >= 0.3 is 0 Å². The number of hydrogen-bond acceptors (Lipinski definition) is 4. The molecule has 0 fully saturated rings. The maximum atomic E-state index is 4.54. The zero-order chi connectivity index (χ0) is 12.7. The number of amidine groups is 1. The topological polar surface area (TPSA) is 81.8 Å². The molecule has 6 heteroatoms. The van der Waals surface area contributed by atoms with Crippen molar-refractivity contribution in [3.63, 3.8) is 0 Å². The summed E-state index contributed by atoms with van der Waals surface area (Å²) in [6.45, 7) is 1.76. The minimum Gasteiger partial charge on any atom is -0.368 e. The number of nitrogens with one attached hydrogen (secondary N) is 3. The predicted octanol–water partition coefficient (Wildman–Crippen LogP) is 1.30. The number of aromatic amines is 2. The van der Waals surface area contributed by atoms with E-state index in [2.05, 4.69) is 36.3 Å². The van der Waals surface area contributed by atoms with Crippen LogP contribution >= 0.6 is 0 Å². The molecule has 0 radical (unpaired) electrons. The van der Waals surface area contributed by atoms with E-state index in [-0.39, 0.29) is 0 Å². The Bertz CT molecular complexity index is 753. The summed E-state index contributed by atoms with van der Waals surface area (Å²) in [7, 11) is 0. The van der Waals surface area contributed by atoms with Gasteiger partial charge in [0.2, 0.25) is 0 Å². The van der Waals surface area contributed by atoms with Crippen LogP contribution in [0.25, 0.3) is 22.6 Å². The van der Waals surface area contributed by atoms with Crippen LogP contribution < -0.4 is 5.32 Å². The van der Waals surface area contributed by atoms with E-state index in [1.54, 1.807) is 12.5 Å². The van der Waals surface area contributed by atoms with Gasteiger partial charge in [-0.15, -0.1) is 0 Å². The average Bonchev–Trinajstić information content (AvgIpc) is 3.18. The first kappa shape index (κ1) is 10.3. The molecule has 0 amide bonds. The Morgan fingerprint density at radius 1 is 1.21 bits per heavy atom. The summed E-state index contributed by atoms with van der Waals surface area (Å²) in [4.78, 5) is 19.3. The van der Waals surface area contributed by atoms with Gasteiger partial charge in [-0.1, -0.05) is 0 Å². The summed E-state index contributed by atoms with van der Waals surface area (Å²) in [5.41, 5.74) is 3.91. The van der Waals surface area contributed by atoms with Crippen molar-refractivity contribution in [2.24, 2.45) is 4.99 Å². The molecular formula is C13H12N6. The van der Waals surface area contributed by atoms with E-state index in [1.165, 1.54) is 0 Å². The van der Waals surface area contributed by atoms with E-state index in [0.717, 1.165) is 47.0 Å². The third-order valence-corrected chi connectivity index (χ3v) is 3.18. The van der Waals surface area contributed by atoms with Crippen LogP contribution in [0.4, 0.5) is 0 Å². The smallest absolute Gasteiger partial charge is 0.156 e. The van der Waals surface area contributed by atoms with Gasteiger partial charge in [0.15, 0.2) is 5.82 Å². The molecule has 0 atom stereocenters.